The van der Waals surface area contributed by atoms with Crippen LogP contribution in [0.5, 0.6) is 0 Å². The monoisotopic (exact) mass is 176 g/mol. The topological polar surface area (TPSA) is 20.2 Å². The van der Waals surface area contributed by atoms with Crippen LogP contribution in [0.1, 0.15) is 0 Å². The highest BCUT2D eigenvalue weighted by atomic mass is 35.5. The number of halogens is 2. The van der Waals surface area contributed by atoms with Crippen LogP contribution < -0.4 is 0 Å². The van der Waals surface area contributed by atoms with Crippen molar-refractivity contribution in [3.63, 3.8) is 0 Å². The van der Waals surface area contributed by atoms with Gasteiger partial charge in [-0.2, -0.15) is 0 Å². The third kappa shape index (κ3) is 1.20. The molecule has 0 bridgehead atoms. The first-order valence-electron chi connectivity index (χ1n) is 2.72. The second kappa shape index (κ2) is 2.69. The summed E-state index contributed by atoms with van der Waals surface area (Å²) < 4.78 is 0. The maximum atomic E-state index is 9.00. The van der Waals surface area contributed by atoms with Gasteiger partial charge < -0.3 is 5.11 Å². The highest BCUT2D eigenvalue weighted by Gasteiger charge is 2.17. The molecule has 0 saturated carbocycles. The first-order valence-corrected chi connectivity index (χ1v) is 3.54. The first kappa shape index (κ1) is 7.70. The third-order valence-electron chi connectivity index (χ3n) is 1.25. The Morgan fingerprint density at radius 1 is 1.50 bits per heavy atom. The van der Waals surface area contributed by atoms with Crippen molar-refractivity contribution in [3.8, 4) is 0 Å². The van der Waals surface area contributed by atoms with Crippen molar-refractivity contribution < 1.29 is 5.11 Å². The van der Waals surface area contributed by atoms with Gasteiger partial charge in [0.05, 0.1) is 10.4 Å². The number of hydrogen-bond acceptors (Lipinski definition) is 1. The van der Waals surface area contributed by atoms with E-state index in [2.05, 4.69) is 6.58 Å². The number of alkyl halides is 1. The molecule has 0 fully saturated rings. The van der Waals surface area contributed by atoms with Gasteiger partial charge >= 0.3 is 0 Å². The Kier molecular flexibility index (Phi) is 2.07. The van der Waals surface area contributed by atoms with Crippen LogP contribution in [0, 0.1) is 0 Å². The molecule has 1 atom stereocenters. The molecule has 54 valence electrons. The molecule has 1 nitrogen and oxygen atoms in total. The molecular formula is C7H6Cl2O. The second-order valence-electron chi connectivity index (χ2n) is 2.00. The highest BCUT2D eigenvalue weighted by molar-refractivity contribution is 6.39. The third-order valence-corrected chi connectivity index (χ3v) is 2.27. The number of aliphatic hydroxyl groups excluding tert-OH is 1. The zero-order valence-corrected chi connectivity index (χ0v) is 6.65. The van der Waals surface area contributed by atoms with E-state index in [4.69, 9.17) is 28.3 Å². The smallest absolute Gasteiger partial charge is 0.131 e. The van der Waals surface area contributed by atoms with Gasteiger partial charge in [-0.25, -0.2) is 0 Å². The van der Waals surface area contributed by atoms with Crippen molar-refractivity contribution in [1.82, 2.24) is 0 Å². The molecule has 0 saturated heterocycles. The molecule has 0 radical (unpaired) electrons. The molecule has 1 unspecified atom stereocenters. The lowest BCUT2D eigenvalue weighted by Crippen LogP contribution is -2.06. The lowest BCUT2D eigenvalue weighted by molar-refractivity contribution is 0.427. The average Bonchev–Trinajstić information content (AvgIpc) is 1.93. The van der Waals surface area contributed by atoms with E-state index >= 15 is 0 Å². The summed E-state index contributed by atoms with van der Waals surface area (Å²) in [7, 11) is 0. The van der Waals surface area contributed by atoms with Gasteiger partial charge in [0.25, 0.3) is 0 Å². The van der Waals surface area contributed by atoms with Gasteiger partial charge in [0.2, 0.25) is 0 Å². The van der Waals surface area contributed by atoms with Crippen LogP contribution in [0.25, 0.3) is 0 Å². The minimum atomic E-state index is -0.466. The van der Waals surface area contributed by atoms with Crippen molar-refractivity contribution in [2.75, 3.05) is 0 Å². The predicted octanol–water partition coefficient (Wildman–Crippen LogP) is 2.73. The molecule has 3 heteroatoms. The lowest BCUT2D eigenvalue weighted by Gasteiger charge is -2.13. The summed E-state index contributed by atoms with van der Waals surface area (Å²) in [5.41, 5.74) is 0.699. The Bertz CT molecular complexity index is 228. The van der Waals surface area contributed by atoms with E-state index in [0.29, 0.717) is 5.57 Å². The van der Waals surface area contributed by atoms with Gasteiger partial charge in [-0.05, 0) is 11.6 Å². The van der Waals surface area contributed by atoms with Crippen molar-refractivity contribution in [2.45, 2.75) is 5.38 Å². The van der Waals surface area contributed by atoms with E-state index in [1.807, 2.05) is 0 Å². The summed E-state index contributed by atoms with van der Waals surface area (Å²) in [5, 5.41) is 8.78. The molecule has 1 rings (SSSR count). The fourth-order valence-electron chi connectivity index (χ4n) is 0.643. The number of rotatable bonds is 0. The van der Waals surface area contributed by atoms with Crippen molar-refractivity contribution in [3.05, 3.63) is 35.1 Å². The Hall–Kier alpha value is -0.400. The molecule has 10 heavy (non-hydrogen) atoms. The van der Waals surface area contributed by atoms with Crippen LogP contribution in [0.15, 0.2) is 35.1 Å². The van der Waals surface area contributed by atoms with Gasteiger partial charge in [-0.15, -0.1) is 11.6 Å². The zero-order valence-electron chi connectivity index (χ0n) is 5.14. The fraction of sp³-hybridized carbons (Fsp3) is 0.143. The molecule has 1 N–H and O–H groups in total. The maximum Gasteiger partial charge on any atom is 0.131 e. The summed E-state index contributed by atoms with van der Waals surface area (Å²) >= 11 is 11.3. The number of hydrogen-bond donors (Lipinski definition) is 1. The highest BCUT2D eigenvalue weighted by Crippen LogP contribution is 2.28. The summed E-state index contributed by atoms with van der Waals surface area (Å²) in [6.45, 7) is 3.63. The molecule has 0 aromatic rings. The van der Waals surface area contributed by atoms with E-state index in [1.54, 1.807) is 6.08 Å². The van der Waals surface area contributed by atoms with Gasteiger partial charge in [-0.3, -0.25) is 0 Å². The number of allylic oxidation sites excluding steroid dienone is 4. The predicted molar refractivity (Wildman–Crippen MR) is 43.4 cm³/mol. The second-order valence-corrected chi connectivity index (χ2v) is 2.85. The van der Waals surface area contributed by atoms with E-state index < -0.39 is 5.38 Å². The van der Waals surface area contributed by atoms with Gasteiger partial charge in [-0.1, -0.05) is 24.3 Å². The standard InChI is InChI=1S/C7H6Cl2O/c1-4-2-3-5(10)7(9)6(4)8/h2-3,6,10H,1H2. The van der Waals surface area contributed by atoms with Gasteiger partial charge in [0.15, 0.2) is 0 Å². The van der Waals surface area contributed by atoms with Crippen LogP contribution >= 0.6 is 23.2 Å². The molecule has 1 aliphatic rings. The van der Waals surface area contributed by atoms with Crippen LogP contribution in [0.4, 0.5) is 0 Å². The molecule has 0 heterocycles. The van der Waals surface area contributed by atoms with E-state index in [1.165, 1.54) is 6.08 Å². The SMILES string of the molecule is C=C1C=CC(O)=C(Cl)C1Cl. The molecule has 0 aromatic heterocycles. The zero-order chi connectivity index (χ0) is 7.72. The van der Waals surface area contributed by atoms with E-state index in [0.717, 1.165) is 0 Å². The normalized spacial score (nSPS) is 25.8. The van der Waals surface area contributed by atoms with Gasteiger partial charge in [0, 0.05) is 0 Å². The summed E-state index contributed by atoms with van der Waals surface area (Å²) in [6, 6.07) is 0. The average molecular weight is 177 g/mol. The summed E-state index contributed by atoms with van der Waals surface area (Å²) in [5.74, 6) is 0.0223. The largest absolute Gasteiger partial charge is 0.507 e. The minimum Gasteiger partial charge on any atom is -0.507 e. The quantitative estimate of drug-likeness (QED) is 0.564. The minimum absolute atomic E-state index is 0.0223. The molecule has 1 aliphatic carbocycles. The van der Waals surface area contributed by atoms with E-state index in [9.17, 15) is 0 Å². The van der Waals surface area contributed by atoms with Crippen molar-refractivity contribution in [1.29, 1.82) is 0 Å². The van der Waals surface area contributed by atoms with Crippen LogP contribution in [0.2, 0.25) is 0 Å². The lowest BCUT2D eigenvalue weighted by atomic mass is 10.1. The molecule has 0 amide bonds. The Morgan fingerprint density at radius 3 is 2.60 bits per heavy atom. The molecule has 0 aromatic carbocycles. The molecular weight excluding hydrogens is 171 g/mol. The molecule has 0 spiro atoms. The summed E-state index contributed by atoms with van der Waals surface area (Å²) in [6.07, 6.45) is 3.11. The fourth-order valence-corrected chi connectivity index (χ4v) is 1.03. The Balaban J connectivity index is 2.99. The Morgan fingerprint density at radius 2 is 2.10 bits per heavy atom. The van der Waals surface area contributed by atoms with E-state index in [-0.39, 0.29) is 10.8 Å². The number of aliphatic hydroxyl groups is 1. The van der Waals surface area contributed by atoms with Crippen LogP contribution in [-0.2, 0) is 0 Å². The van der Waals surface area contributed by atoms with Crippen LogP contribution in [0.3, 0.4) is 0 Å². The molecule has 0 aliphatic heterocycles. The maximum absolute atomic E-state index is 9.00. The van der Waals surface area contributed by atoms with Crippen molar-refractivity contribution in [2.24, 2.45) is 0 Å². The van der Waals surface area contributed by atoms with Crippen LogP contribution in [-0.4, -0.2) is 10.5 Å². The first-order chi connectivity index (χ1) is 4.63. The van der Waals surface area contributed by atoms with Gasteiger partial charge in [0.1, 0.15) is 5.76 Å². The summed E-state index contributed by atoms with van der Waals surface area (Å²) in [4.78, 5) is 0. The van der Waals surface area contributed by atoms with Crippen molar-refractivity contribution >= 4 is 23.2 Å². The Labute approximate surface area is 69.3 Å².